The molecule has 0 spiro atoms. The van der Waals surface area contributed by atoms with Crippen LogP contribution in [0.15, 0.2) is 42.5 Å². The highest BCUT2D eigenvalue weighted by Crippen LogP contribution is 2.31. The fraction of sp³-hybridized carbons (Fsp3) is 0.286. The van der Waals surface area contributed by atoms with E-state index in [1.54, 1.807) is 36.4 Å². The van der Waals surface area contributed by atoms with E-state index in [0.29, 0.717) is 47.4 Å². The average molecular weight is 425 g/mol. The van der Waals surface area contributed by atoms with E-state index >= 15 is 0 Å². The first kappa shape index (κ1) is 21.8. The van der Waals surface area contributed by atoms with Crippen LogP contribution in [0.1, 0.15) is 24.2 Å². The van der Waals surface area contributed by atoms with Gasteiger partial charge < -0.3 is 19.5 Å². The molecule has 2 aromatic carbocycles. The largest absolute Gasteiger partial charge is 0.490 e. The Morgan fingerprint density at radius 3 is 2.55 bits per heavy atom. The predicted molar refractivity (Wildman–Crippen MR) is 112 cm³/mol. The molecule has 162 valence electrons. The van der Waals surface area contributed by atoms with Crippen LogP contribution in [-0.4, -0.2) is 52.4 Å². The van der Waals surface area contributed by atoms with E-state index in [-0.39, 0.29) is 12.5 Å². The number of benzene rings is 2. The Bertz CT molecular complexity index is 1070. The Morgan fingerprint density at radius 2 is 1.81 bits per heavy atom. The molecule has 3 rings (SSSR count). The lowest BCUT2D eigenvalue weighted by molar-refractivity contribution is -0.117. The number of nitrogens with one attached hydrogen (secondary N) is 1. The first-order valence-corrected chi connectivity index (χ1v) is 9.70. The zero-order valence-electron chi connectivity index (χ0n) is 17.5. The number of esters is 1. The molecule has 1 N–H and O–H groups in total. The van der Waals surface area contributed by atoms with Gasteiger partial charge in [-0.15, -0.1) is 10.2 Å². The molecule has 0 aliphatic carbocycles. The summed E-state index contributed by atoms with van der Waals surface area (Å²) in [4.78, 5) is 25.1. The molecule has 0 bridgehead atoms. The van der Waals surface area contributed by atoms with Crippen LogP contribution in [0.3, 0.4) is 0 Å². The zero-order valence-corrected chi connectivity index (χ0v) is 17.5. The molecule has 1 heterocycles. The van der Waals surface area contributed by atoms with E-state index in [1.165, 1.54) is 18.0 Å². The van der Waals surface area contributed by atoms with Crippen molar-refractivity contribution in [3.05, 3.63) is 48.0 Å². The molecular weight excluding hydrogens is 402 g/mol. The number of carbonyl (C=O) groups excluding carboxylic acids is 2. The maximum absolute atomic E-state index is 12.3. The van der Waals surface area contributed by atoms with Crippen LogP contribution in [0, 0.1) is 0 Å². The molecule has 10 nitrogen and oxygen atoms in total. The summed E-state index contributed by atoms with van der Waals surface area (Å²) < 4.78 is 15.9. The SMILES string of the molecule is CCOc1ccc(-c2nnn(CC(=O)Nc3cccc(C(=O)OC)c3)n2)cc1OCC. The maximum atomic E-state index is 12.3. The van der Waals surface area contributed by atoms with Crippen LogP contribution < -0.4 is 14.8 Å². The molecule has 3 aromatic rings. The van der Waals surface area contributed by atoms with Crippen molar-refractivity contribution in [1.29, 1.82) is 0 Å². The molecule has 0 atom stereocenters. The summed E-state index contributed by atoms with van der Waals surface area (Å²) in [7, 11) is 1.29. The third-order valence-corrected chi connectivity index (χ3v) is 4.11. The maximum Gasteiger partial charge on any atom is 0.337 e. The molecule has 31 heavy (non-hydrogen) atoms. The second-order valence-corrected chi connectivity index (χ2v) is 6.29. The van der Waals surface area contributed by atoms with E-state index in [9.17, 15) is 9.59 Å². The van der Waals surface area contributed by atoms with Crippen molar-refractivity contribution in [2.24, 2.45) is 0 Å². The third kappa shape index (κ3) is 5.56. The first-order valence-electron chi connectivity index (χ1n) is 9.70. The summed E-state index contributed by atoms with van der Waals surface area (Å²) in [5.41, 5.74) is 1.48. The van der Waals surface area contributed by atoms with E-state index in [1.807, 2.05) is 13.8 Å². The van der Waals surface area contributed by atoms with Gasteiger partial charge in [-0.2, -0.15) is 4.80 Å². The summed E-state index contributed by atoms with van der Waals surface area (Å²) in [6, 6.07) is 11.8. The number of amides is 1. The van der Waals surface area contributed by atoms with Crippen molar-refractivity contribution in [2.75, 3.05) is 25.6 Å². The Labute approximate surface area is 179 Å². The lowest BCUT2D eigenvalue weighted by atomic mass is 10.2. The summed E-state index contributed by atoms with van der Waals surface area (Å²) in [5, 5.41) is 14.9. The quantitative estimate of drug-likeness (QED) is 0.520. The number of carbonyl (C=O) groups is 2. The standard InChI is InChI=1S/C21H23N5O5/c1-4-30-17-10-9-14(12-18(17)31-5-2)20-23-25-26(24-20)13-19(27)22-16-8-6-7-15(11-16)21(28)29-3/h6-12H,4-5,13H2,1-3H3,(H,22,27). The molecule has 0 fully saturated rings. The fourth-order valence-electron chi connectivity index (χ4n) is 2.79. The number of aromatic nitrogens is 4. The molecule has 10 heteroatoms. The number of rotatable bonds is 9. The van der Waals surface area contributed by atoms with Gasteiger partial charge in [0.1, 0.15) is 6.54 Å². The predicted octanol–water partition coefficient (Wildman–Crippen LogP) is 2.56. The minimum atomic E-state index is -0.486. The molecular formula is C21H23N5O5. The van der Waals surface area contributed by atoms with Crippen LogP contribution >= 0.6 is 0 Å². The molecule has 0 unspecified atom stereocenters. The number of tetrazole rings is 1. The van der Waals surface area contributed by atoms with Crippen LogP contribution in [0.25, 0.3) is 11.4 Å². The molecule has 0 saturated carbocycles. The number of hydrogen-bond acceptors (Lipinski definition) is 8. The summed E-state index contributed by atoms with van der Waals surface area (Å²) in [6.07, 6.45) is 0. The normalized spacial score (nSPS) is 10.4. The molecule has 0 aliphatic rings. The van der Waals surface area contributed by atoms with E-state index in [2.05, 4.69) is 25.5 Å². The molecule has 1 amide bonds. The van der Waals surface area contributed by atoms with Crippen molar-refractivity contribution in [1.82, 2.24) is 20.2 Å². The topological polar surface area (TPSA) is 117 Å². The minimum Gasteiger partial charge on any atom is -0.490 e. The Kier molecular flexibility index (Phi) is 7.15. The Morgan fingerprint density at radius 1 is 1.03 bits per heavy atom. The number of ether oxygens (including phenoxy) is 3. The highest BCUT2D eigenvalue weighted by atomic mass is 16.5. The molecule has 0 aliphatic heterocycles. The van der Waals surface area contributed by atoms with Crippen LogP contribution in [-0.2, 0) is 16.1 Å². The summed E-state index contributed by atoms with van der Waals surface area (Å²) >= 11 is 0. The van der Waals surface area contributed by atoms with Gasteiger partial charge in [-0.1, -0.05) is 6.07 Å². The van der Waals surface area contributed by atoms with Crippen LogP contribution in [0.5, 0.6) is 11.5 Å². The van der Waals surface area contributed by atoms with E-state index in [4.69, 9.17) is 9.47 Å². The van der Waals surface area contributed by atoms with Gasteiger partial charge in [0.2, 0.25) is 11.7 Å². The number of anilines is 1. The van der Waals surface area contributed by atoms with Gasteiger partial charge in [0, 0.05) is 11.3 Å². The summed E-state index contributed by atoms with van der Waals surface area (Å²) in [6.45, 7) is 4.64. The van der Waals surface area contributed by atoms with Crippen molar-refractivity contribution in [3.63, 3.8) is 0 Å². The van der Waals surface area contributed by atoms with Gasteiger partial charge in [-0.25, -0.2) is 4.79 Å². The average Bonchev–Trinajstić information content (AvgIpc) is 3.23. The van der Waals surface area contributed by atoms with Gasteiger partial charge in [-0.05, 0) is 55.5 Å². The molecule has 1 aromatic heterocycles. The Balaban J connectivity index is 1.69. The Hall–Kier alpha value is -3.95. The van der Waals surface area contributed by atoms with Gasteiger partial charge >= 0.3 is 5.97 Å². The number of methoxy groups -OCH3 is 1. The lowest BCUT2D eigenvalue weighted by Gasteiger charge is -2.11. The number of nitrogens with zero attached hydrogens (tertiary/aromatic N) is 4. The molecule has 0 radical (unpaired) electrons. The highest BCUT2D eigenvalue weighted by Gasteiger charge is 2.14. The van der Waals surface area contributed by atoms with Crippen LogP contribution in [0.4, 0.5) is 5.69 Å². The van der Waals surface area contributed by atoms with Crippen molar-refractivity contribution in [2.45, 2.75) is 20.4 Å². The van der Waals surface area contributed by atoms with Gasteiger partial charge in [-0.3, -0.25) is 4.79 Å². The first-order chi connectivity index (χ1) is 15.0. The summed E-state index contributed by atoms with van der Waals surface area (Å²) in [5.74, 6) is 0.716. The van der Waals surface area contributed by atoms with E-state index < -0.39 is 5.97 Å². The van der Waals surface area contributed by atoms with Gasteiger partial charge in [0.25, 0.3) is 0 Å². The molecule has 0 saturated heterocycles. The monoisotopic (exact) mass is 425 g/mol. The van der Waals surface area contributed by atoms with E-state index in [0.717, 1.165) is 0 Å². The smallest absolute Gasteiger partial charge is 0.337 e. The number of hydrogen-bond donors (Lipinski definition) is 1. The van der Waals surface area contributed by atoms with Gasteiger partial charge in [0.05, 0.1) is 25.9 Å². The minimum absolute atomic E-state index is 0.148. The highest BCUT2D eigenvalue weighted by molar-refractivity contribution is 5.94. The van der Waals surface area contributed by atoms with Crippen molar-refractivity contribution in [3.8, 4) is 22.9 Å². The fourth-order valence-corrected chi connectivity index (χ4v) is 2.79. The second kappa shape index (κ2) is 10.2. The lowest BCUT2D eigenvalue weighted by Crippen LogP contribution is -2.20. The van der Waals surface area contributed by atoms with Gasteiger partial charge in [0.15, 0.2) is 11.5 Å². The van der Waals surface area contributed by atoms with Crippen molar-refractivity contribution >= 4 is 17.6 Å². The second-order valence-electron chi connectivity index (χ2n) is 6.29. The third-order valence-electron chi connectivity index (χ3n) is 4.11. The zero-order chi connectivity index (χ0) is 22.2. The van der Waals surface area contributed by atoms with Crippen LogP contribution in [0.2, 0.25) is 0 Å². The van der Waals surface area contributed by atoms with Crippen molar-refractivity contribution < 1.29 is 23.8 Å².